The van der Waals surface area contributed by atoms with E-state index in [1.54, 1.807) is 24.5 Å². The minimum atomic E-state index is -0.500. The zero-order valence-electron chi connectivity index (χ0n) is 14.0. The van der Waals surface area contributed by atoms with Crippen molar-refractivity contribution in [2.45, 2.75) is 12.8 Å². The number of piperidine rings is 1. The lowest BCUT2D eigenvalue weighted by atomic mass is 9.97. The van der Waals surface area contributed by atoms with Crippen LogP contribution < -0.4 is 21.5 Å². The van der Waals surface area contributed by atoms with Gasteiger partial charge in [0.05, 0.1) is 18.0 Å². The zero-order chi connectivity index (χ0) is 17.5. The summed E-state index contributed by atoms with van der Waals surface area (Å²) in [5.41, 5.74) is 13.5. The Bertz CT molecular complexity index is 687. The number of carbonyl (C=O) groups excluding carboxylic acids is 1. The number of rotatable bonds is 5. The maximum Gasteiger partial charge on any atom is 0.425 e. The van der Waals surface area contributed by atoms with E-state index >= 15 is 0 Å². The van der Waals surface area contributed by atoms with Crippen LogP contribution in [0.4, 0.5) is 21.9 Å². The third-order valence-corrected chi connectivity index (χ3v) is 4.35. The van der Waals surface area contributed by atoms with Gasteiger partial charge in [0.25, 0.3) is 0 Å². The fourth-order valence-electron chi connectivity index (χ4n) is 2.87. The number of nitrogens with two attached hydrogens (primary N) is 1. The fraction of sp³-hybridized carbons (Fsp3) is 0.333. The van der Waals surface area contributed by atoms with Crippen LogP contribution in [0.1, 0.15) is 12.8 Å². The van der Waals surface area contributed by atoms with Crippen molar-refractivity contribution in [3.05, 3.63) is 48.8 Å². The summed E-state index contributed by atoms with van der Waals surface area (Å²) < 4.78 is 5.30. The van der Waals surface area contributed by atoms with Gasteiger partial charge in [-0.1, -0.05) is 12.1 Å². The molecule has 132 valence electrons. The number of ether oxygens (including phenoxy) is 1. The van der Waals surface area contributed by atoms with Crippen LogP contribution in [0.15, 0.2) is 48.8 Å². The second kappa shape index (κ2) is 8.23. The second-order valence-corrected chi connectivity index (χ2v) is 6.07. The second-order valence-electron chi connectivity index (χ2n) is 6.07. The summed E-state index contributed by atoms with van der Waals surface area (Å²) in [6.45, 7) is 2.33. The van der Waals surface area contributed by atoms with Crippen LogP contribution in [-0.4, -0.2) is 30.8 Å². The van der Waals surface area contributed by atoms with E-state index in [9.17, 15) is 4.79 Å². The van der Waals surface area contributed by atoms with Gasteiger partial charge in [0.1, 0.15) is 0 Å². The molecule has 0 saturated carbocycles. The highest BCUT2D eigenvalue weighted by molar-refractivity contribution is 5.72. The lowest BCUT2D eigenvalue weighted by molar-refractivity contribution is 0.122. The van der Waals surface area contributed by atoms with E-state index in [0.717, 1.165) is 25.9 Å². The number of carbonyl (C=O) groups is 1. The van der Waals surface area contributed by atoms with E-state index in [1.807, 2.05) is 24.3 Å². The molecule has 2 heterocycles. The Morgan fingerprint density at radius 1 is 1.20 bits per heavy atom. The molecule has 7 heteroatoms. The smallest absolute Gasteiger partial charge is 0.425 e. The molecule has 7 nitrogen and oxygen atoms in total. The van der Waals surface area contributed by atoms with Crippen LogP contribution in [0.2, 0.25) is 0 Å². The number of nitrogens with one attached hydrogen (secondary N) is 2. The summed E-state index contributed by atoms with van der Waals surface area (Å²) in [6, 6.07) is 11.2. The van der Waals surface area contributed by atoms with Crippen LogP contribution in [0.3, 0.4) is 0 Å². The van der Waals surface area contributed by atoms with Gasteiger partial charge >= 0.3 is 6.09 Å². The van der Waals surface area contributed by atoms with Crippen molar-refractivity contribution in [2.24, 2.45) is 5.92 Å². The Morgan fingerprint density at radius 3 is 2.64 bits per heavy atom. The monoisotopic (exact) mass is 341 g/mol. The van der Waals surface area contributed by atoms with Crippen molar-refractivity contribution in [2.75, 3.05) is 35.8 Å². The highest BCUT2D eigenvalue weighted by atomic mass is 16.6. The number of nitrogens with zero attached hydrogens (tertiary/aromatic N) is 2. The van der Waals surface area contributed by atoms with E-state index < -0.39 is 6.09 Å². The number of hydrazine groups is 1. The molecule has 0 aliphatic carbocycles. The number of hydrogen-bond acceptors (Lipinski definition) is 6. The van der Waals surface area contributed by atoms with Crippen molar-refractivity contribution >= 4 is 23.2 Å². The number of pyridine rings is 1. The summed E-state index contributed by atoms with van der Waals surface area (Å²) in [6.07, 6.45) is 5.10. The first-order valence-corrected chi connectivity index (χ1v) is 8.40. The molecule has 4 N–H and O–H groups in total. The average Bonchev–Trinajstić information content (AvgIpc) is 2.67. The predicted molar refractivity (Wildman–Crippen MR) is 98.1 cm³/mol. The first-order valence-electron chi connectivity index (χ1n) is 8.40. The summed E-state index contributed by atoms with van der Waals surface area (Å²) in [7, 11) is 0. The molecule has 1 aliphatic rings. The SMILES string of the molecule is Nc1ccccc1NNC(=O)OCC1CCN(c2ccncc2)CC1. The highest BCUT2D eigenvalue weighted by Gasteiger charge is 2.20. The van der Waals surface area contributed by atoms with Crippen molar-refractivity contribution in [3.8, 4) is 0 Å². The van der Waals surface area contributed by atoms with Crippen LogP contribution in [0.5, 0.6) is 0 Å². The van der Waals surface area contributed by atoms with Crippen molar-refractivity contribution in [1.29, 1.82) is 0 Å². The quantitative estimate of drug-likeness (QED) is 0.572. The van der Waals surface area contributed by atoms with Gasteiger partial charge in [-0.3, -0.25) is 10.4 Å². The van der Waals surface area contributed by atoms with Crippen molar-refractivity contribution in [3.63, 3.8) is 0 Å². The van der Waals surface area contributed by atoms with E-state index in [4.69, 9.17) is 10.5 Å². The first-order chi connectivity index (χ1) is 12.2. The summed E-state index contributed by atoms with van der Waals surface area (Å²) in [5.74, 6) is 0.380. The maximum absolute atomic E-state index is 11.8. The predicted octanol–water partition coefficient (Wildman–Crippen LogP) is 2.63. The molecule has 2 aromatic rings. The summed E-state index contributed by atoms with van der Waals surface area (Å²) in [5, 5.41) is 0. The van der Waals surface area contributed by atoms with Crippen molar-refractivity contribution in [1.82, 2.24) is 10.4 Å². The molecular weight excluding hydrogens is 318 g/mol. The molecule has 3 rings (SSSR count). The van der Waals surface area contributed by atoms with E-state index in [1.165, 1.54) is 5.69 Å². The van der Waals surface area contributed by atoms with Gasteiger partial charge < -0.3 is 15.4 Å². The van der Waals surface area contributed by atoms with Crippen LogP contribution in [0, 0.1) is 5.92 Å². The van der Waals surface area contributed by atoms with Gasteiger partial charge in [0.15, 0.2) is 0 Å². The number of aromatic nitrogens is 1. The largest absolute Gasteiger partial charge is 0.448 e. The Balaban J connectivity index is 1.37. The number of benzene rings is 1. The molecule has 1 saturated heterocycles. The number of para-hydroxylation sites is 2. The van der Waals surface area contributed by atoms with Crippen molar-refractivity contribution < 1.29 is 9.53 Å². The third-order valence-electron chi connectivity index (χ3n) is 4.35. The van der Waals surface area contributed by atoms with Gasteiger partial charge in [0, 0.05) is 31.2 Å². The topological polar surface area (TPSA) is 92.5 Å². The van der Waals surface area contributed by atoms with E-state index in [2.05, 4.69) is 20.7 Å². The Labute approximate surface area is 147 Å². The van der Waals surface area contributed by atoms with Gasteiger partial charge in [-0.15, -0.1) is 0 Å². The fourth-order valence-corrected chi connectivity index (χ4v) is 2.87. The number of anilines is 3. The normalized spacial score (nSPS) is 14.8. The number of hydrogen-bond donors (Lipinski definition) is 3. The Morgan fingerprint density at radius 2 is 1.92 bits per heavy atom. The molecule has 0 bridgehead atoms. The van der Waals surface area contributed by atoms with Crippen LogP contribution >= 0.6 is 0 Å². The minimum Gasteiger partial charge on any atom is -0.448 e. The van der Waals surface area contributed by atoms with Crippen LogP contribution in [-0.2, 0) is 4.74 Å². The Hall–Kier alpha value is -2.96. The molecule has 1 fully saturated rings. The van der Waals surface area contributed by atoms with Gasteiger partial charge in [-0.05, 0) is 43.0 Å². The van der Waals surface area contributed by atoms with E-state index in [0.29, 0.717) is 23.9 Å². The lowest BCUT2D eigenvalue weighted by Gasteiger charge is -2.33. The van der Waals surface area contributed by atoms with E-state index in [-0.39, 0.29) is 0 Å². The molecule has 0 atom stereocenters. The minimum absolute atomic E-state index is 0.380. The van der Waals surface area contributed by atoms with Gasteiger partial charge in [-0.25, -0.2) is 10.2 Å². The molecule has 1 aliphatic heterocycles. The number of amides is 1. The zero-order valence-corrected chi connectivity index (χ0v) is 14.0. The lowest BCUT2D eigenvalue weighted by Crippen LogP contribution is -2.37. The average molecular weight is 341 g/mol. The van der Waals surface area contributed by atoms with Crippen LogP contribution in [0.25, 0.3) is 0 Å². The van der Waals surface area contributed by atoms with Gasteiger partial charge in [-0.2, -0.15) is 0 Å². The molecule has 0 spiro atoms. The molecule has 1 amide bonds. The maximum atomic E-state index is 11.8. The highest BCUT2D eigenvalue weighted by Crippen LogP contribution is 2.22. The molecule has 25 heavy (non-hydrogen) atoms. The standard InChI is InChI=1S/C18H23N5O2/c19-16-3-1-2-4-17(16)21-22-18(24)25-13-14-7-11-23(12-8-14)15-5-9-20-10-6-15/h1-6,9-10,14,21H,7-8,11-13,19H2,(H,22,24). The number of nitrogen functional groups attached to an aromatic ring is 1. The summed E-state index contributed by atoms with van der Waals surface area (Å²) >= 11 is 0. The molecule has 0 radical (unpaired) electrons. The van der Waals surface area contributed by atoms with Gasteiger partial charge in [0.2, 0.25) is 0 Å². The third kappa shape index (κ3) is 4.76. The molecule has 0 unspecified atom stereocenters. The molecule has 1 aromatic carbocycles. The molecule has 1 aromatic heterocycles. The summed E-state index contributed by atoms with van der Waals surface area (Å²) in [4.78, 5) is 18.2. The molecular formula is C18H23N5O2. The Kier molecular flexibility index (Phi) is 5.56. The first kappa shape index (κ1) is 16.9.